The van der Waals surface area contributed by atoms with Crippen molar-refractivity contribution in [1.29, 1.82) is 0 Å². The van der Waals surface area contributed by atoms with Crippen LogP contribution >= 0.6 is 0 Å². The first-order chi connectivity index (χ1) is 7.33. The number of rotatable bonds is 1. The zero-order valence-corrected chi connectivity index (χ0v) is 8.32. The molecule has 0 aliphatic heterocycles. The maximum absolute atomic E-state index is 5.65. The van der Waals surface area contributed by atoms with Gasteiger partial charge in [-0.3, -0.25) is 0 Å². The molecule has 0 amide bonds. The summed E-state index contributed by atoms with van der Waals surface area (Å²) in [7, 11) is 0. The normalized spacial score (nSPS) is 11.0. The fourth-order valence-electron chi connectivity index (χ4n) is 1.61. The highest BCUT2D eigenvalue weighted by atomic mass is 16.3. The average molecular weight is 198 g/mol. The Kier molecular flexibility index (Phi) is 1.65. The molecular formula is C12H10N2O. The maximum atomic E-state index is 5.65. The molecule has 0 unspecified atom stereocenters. The predicted octanol–water partition coefficient (Wildman–Crippen LogP) is 3.13. The lowest BCUT2D eigenvalue weighted by molar-refractivity contribution is 0.617. The molecule has 0 radical (unpaired) electrons. The lowest BCUT2D eigenvalue weighted by atomic mass is 10.2. The third kappa shape index (κ3) is 1.32. The van der Waals surface area contributed by atoms with Gasteiger partial charge in [-0.25, -0.2) is 4.98 Å². The van der Waals surface area contributed by atoms with E-state index in [4.69, 9.17) is 4.42 Å². The summed E-state index contributed by atoms with van der Waals surface area (Å²) < 4.78 is 5.65. The van der Waals surface area contributed by atoms with E-state index in [0.717, 1.165) is 16.8 Å². The molecule has 0 fully saturated rings. The quantitative estimate of drug-likeness (QED) is 0.652. The second kappa shape index (κ2) is 2.98. The van der Waals surface area contributed by atoms with E-state index in [0.29, 0.717) is 5.89 Å². The first-order valence-electron chi connectivity index (χ1n) is 4.84. The number of aromatic nitrogens is 2. The number of hydrogen-bond acceptors (Lipinski definition) is 2. The van der Waals surface area contributed by atoms with Gasteiger partial charge < -0.3 is 9.40 Å². The van der Waals surface area contributed by atoms with Gasteiger partial charge in [0, 0.05) is 6.20 Å². The van der Waals surface area contributed by atoms with E-state index in [2.05, 4.69) is 9.97 Å². The van der Waals surface area contributed by atoms with Crippen LogP contribution < -0.4 is 0 Å². The first kappa shape index (κ1) is 8.29. The second-order valence-electron chi connectivity index (χ2n) is 3.57. The molecule has 0 bridgehead atoms. The van der Waals surface area contributed by atoms with Crippen molar-refractivity contribution in [1.82, 2.24) is 9.97 Å². The van der Waals surface area contributed by atoms with E-state index >= 15 is 0 Å². The average Bonchev–Trinajstić information content (AvgIpc) is 2.84. The summed E-state index contributed by atoms with van der Waals surface area (Å²) in [4.78, 5) is 7.47. The molecule has 0 aliphatic carbocycles. The highest BCUT2D eigenvalue weighted by molar-refractivity contribution is 5.76. The molecule has 15 heavy (non-hydrogen) atoms. The molecule has 3 rings (SSSR count). The molecule has 3 aromatic rings. The van der Waals surface area contributed by atoms with Crippen LogP contribution in [-0.4, -0.2) is 9.97 Å². The minimum atomic E-state index is 0.639. The van der Waals surface area contributed by atoms with Crippen LogP contribution in [0, 0.1) is 6.92 Å². The lowest BCUT2D eigenvalue weighted by Gasteiger charge is -1.88. The maximum Gasteiger partial charge on any atom is 0.244 e. The van der Waals surface area contributed by atoms with Crippen LogP contribution in [0.5, 0.6) is 0 Å². The van der Waals surface area contributed by atoms with Crippen molar-refractivity contribution in [3.8, 4) is 11.6 Å². The molecule has 1 aromatic carbocycles. The minimum absolute atomic E-state index is 0.639. The number of oxazole rings is 1. The van der Waals surface area contributed by atoms with Crippen molar-refractivity contribution in [2.45, 2.75) is 6.92 Å². The van der Waals surface area contributed by atoms with Gasteiger partial charge in [0.05, 0.1) is 0 Å². The number of aromatic amines is 1. The van der Waals surface area contributed by atoms with Crippen molar-refractivity contribution < 1.29 is 4.42 Å². The van der Waals surface area contributed by atoms with E-state index in [1.165, 1.54) is 5.56 Å². The largest absolute Gasteiger partial charge is 0.435 e. The molecule has 1 N–H and O–H groups in total. The standard InChI is InChI=1S/C12H10N2O/c1-8-4-5-9-11(7-8)15-12(14-9)10-3-2-6-13-10/h2-7,13H,1H3. The van der Waals surface area contributed by atoms with Gasteiger partial charge in [0.2, 0.25) is 5.89 Å². The Hall–Kier alpha value is -2.03. The van der Waals surface area contributed by atoms with Crippen molar-refractivity contribution in [2.75, 3.05) is 0 Å². The zero-order valence-electron chi connectivity index (χ0n) is 8.32. The Bertz CT molecular complexity index is 593. The number of benzene rings is 1. The number of nitrogens with one attached hydrogen (secondary N) is 1. The molecule has 0 aliphatic rings. The molecule has 0 saturated heterocycles. The molecule has 3 nitrogen and oxygen atoms in total. The molecule has 2 aromatic heterocycles. The molecular weight excluding hydrogens is 188 g/mol. The molecule has 0 spiro atoms. The number of nitrogens with zero attached hydrogens (tertiary/aromatic N) is 1. The fraction of sp³-hybridized carbons (Fsp3) is 0.0833. The van der Waals surface area contributed by atoms with Gasteiger partial charge in [0.25, 0.3) is 0 Å². The SMILES string of the molecule is Cc1ccc2nc(-c3ccc[nH]3)oc2c1. The number of aryl methyl sites for hydroxylation is 1. The number of H-pyrrole nitrogens is 1. The van der Waals surface area contributed by atoms with Crippen molar-refractivity contribution in [3.63, 3.8) is 0 Å². The van der Waals surface area contributed by atoms with Crippen LogP contribution in [-0.2, 0) is 0 Å². The summed E-state index contributed by atoms with van der Waals surface area (Å²) in [6.07, 6.45) is 1.86. The van der Waals surface area contributed by atoms with E-state index in [1.54, 1.807) is 0 Å². The van der Waals surface area contributed by atoms with Gasteiger partial charge in [0.15, 0.2) is 5.58 Å². The van der Waals surface area contributed by atoms with Gasteiger partial charge in [-0.1, -0.05) is 6.07 Å². The fourth-order valence-corrected chi connectivity index (χ4v) is 1.61. The molecule has 0 saturated carbocycles. The molecule has 74 valence electrons. The Morgan fingerprint density at radius 2 is 2.20 bits per heavy atom. The highest BCUT2D eigenvalue weighted by Gasteiger charge is 2.07. The van der Waals surface area contributed by atoms with Gasteiger partial charge in [0.1, 0.15) is 11.2 Å². The summed E-state index contributed by atoms with van der Waals surface area (Å²) in [5.41, 5.74) is 3.81. The minimum Gasteiger partial charge on any atom is -0.435 e. The third-order valence-corrected chi connectivity index (χ3v) is 2.37. The first-order valence-corrected chi connectivity index (χ1v) is 4.84. The smallest absolute Gasteiger partial charge is 0.244 e. The third-order valence-electron chi connectivity index (χ3n) is 2.37. The van der Waals surface area contributed by atoms with Crippen LogP contribution in [0.15, 0.2) is 40.9 Å². The summed E-state index contributed by atoms with van der Waals surface area (Å²) in [5, 5.41) is 0. The number of fused-ring (bicyclic) bond motifs is 1. The Balaban J connectivity index is 2.22. The van der Waals surface area contributed by atoms with Crippen LogP contribution in [0.4, 0.5) is 0 Å². The van der Waals surface area contributed by atoms with Crippen LogP contribution in [0.2, 0.25) is 0 Å². The molecule has 0 atom stereocenters. The summed E-state index contributed by atoms with van der Waals surface area (Å²) >= 11 is 0. The van der Waals surface area contributed by atoms with Crippen molar-refractivity contribution in [3.05, 3.63) is 42.1 Å². The van der Waals surface area contributed by atoms with Crippen LogP contribution in [0.1, 0.15) is 5.56 Å². The van der Waals surface area contributed by atoms with E-state index in [9.17, 15) is 0 Å². The molecule has 2 heterocycles. The topological polar surface area (TPSA) is 41.8 Å². The highest BCUT2D eigenvalue weighted by Crippen LogP contribution is 2.23. The van der Waals surface area contributed by atoms with Crippen LogP contribution in [0.3, 0.4) is 0 Å². The lowest BCUT2D eigenvalue weighted by Crippen LogP contribution is -1.74. The van der Waals surface area contributed by atoms with E-state index in [-0.39, 0.29) is 0 Å². The summed E-state index contributed by atoms with van der Waals surface area (Å²) in [5.74, 6) is 0.639. The Morgan fingerprint density at radius 3 is 3.00 bits per heavy atom. The predicted molar refractivity (Wildman–Crippen MR) is 58.5 cm³/mol. The Labute approximate surface area is 86.8 Å². The summed E-state index contributed by atoms with van der Waals surface area (Å²) in [6.45, 7) is 2.04. The summed E-state index contributed by atoms with van der Waals surface area (Å²) in [6, 6.07) is 9.87. The van der Waals surface area contributed by atoms with Crippen LogP contribution in [0.25, 0.3) is 22.7 Å². The number of hydrogen-bond donors (Lipinski definition) is 1. The van der Waals surface area contributed by atoms with Gasteiger partial charge >= 0.3 is 0 Å². The van der Waals surface area contributed by atoms with E-state index < -0.39 is 0 Å². The van der Waals surface area contributed by atoms with Gasteiger partial charge in [-0.05, 0) is 36.8 Å². The molecule has 3 heteroatoms. The van der Waals surface area contributed by atoms with Crippen molar-refractivity contribution >= 4 is 11.1 Å². The van der Waals surface area contributed by atoms with Gasteiger partial charge in [-0.2, -0.15) is 0 Å². The Morgan fingerprint density at radius 1 is 1.27 bits per heavy atom. The van der Waals surface area contributed by atoms with Gasteiger partial charge in [-0.15, -0.1) is 0 Å². The van der Waals surface area contributed by atoms with Crippen molar-refractivity contribution in [2.24, 2.45) is 0 Å². The monoisotopic (exact) mass is 198 g/mol. The second-order valence-corrected chi connectivity index (χ2v) is 3.57. The van der Waals surface area contributed by atoms with E-state index in [1.807, 2.05) is 43.5 Å². The zero-order chi connectivity index (χ0) is 10.3.